The number of fused-ring (bicyclic) bond motifs is 1. The first kappa shape index (κ1) is 15.3. The monoisotopic (exact) mass is 303 g/mol. The van der Waals surface area contributed by atoms with Crippen molar-refractivity contribution in [3.8, 4) is 0 Å². The highest BCUT2D eigenvalue weighted by atomic mass is 16.5. The van der Waals surface area contributed by atoms with Crippen LogP contribution in [0.2, 0.25) is 0 Å². The van der Waals surface area contributed by atoms with E-state index in [0.717, 1.165) is 30.4 Å². The molecule has 0 spiro atoms. The molecule has 1 aliphatic heterocycles. The van der Waals surface area contributed by atoms with Crippen LogP contribution in [-0.2, 0) is 17.8 Å². The lowest BCUT2D eigenvalue weighted by molar-refractivity contribution is 0.188. The summed E-state index contributed by atoms with van der Waals surface area (Å²) < 4.78 is 8.97. The van der Waals surface area contributed by atoms with Crippen LogP contribution in [0.15, 0.2) is 29.3 Å². The average molecular weight is 303 g/mol. The molecule has 0 amide bonds. The normalized spacial score (nSPS) is 15.9. The number of hydrogen-bond acceptors (Lipinski definition) is 3. The minimum Gasteiger partial charge on any atom is -0.383 e. The molecular weight excluding hydrogens is 278 g/mol. The van der Waals surface area contributed by atoms with Crippen molar-refractivity contribution in [2.45, 2.75) is 32.4 Å². The Balaban J connectivity index is 1.72. The number of ether oxygens (including phenoxy) is 1. The molecule has 2 aromatic rings. The number of pyridine rings is 1. The zero-order valence-corrected chi connectivity index (χ0v) is 13.3. The van der Waals surface area contributed by atoms with Gasteiger partial charge in [0, 0.05) is 38.0 Å². The van der Waals surface area contributed by atoms with Crippen molar-refractivity contribution < 1.29 is 4.74 Å². The Kier molecular flexibility index (Phi) is 4.95. The number of hydrogen-bond donors (Lipinski definition) is 0. The molecule has 1 fully saturated rings. The summed E-state index contributed by atoms with van der Waals surface area (Å²) in [7, 11) is 1.68. The summed E-state index contributed by atoms with van der Waals surface area (Å²) in [6, 6.07) is 4.04. The summed E-state index contributed by atoms with van der Waals surface area (Å²) in [5.74, 6) is 0. The summed E-state index contributed by atoms with van der Waals surface area (Å²) in [6.07, 6.45) is 7.57. The van der Waals surface area contributed by atoms with Gasteiger partial charge in [-0.05, 0) is 51.0 Å². The average Bonchev–Trinajstić information content (AvgIpc) is 3.17. The van der Waals surface area contributed by atoms with E-state index in [-0.39, 0.29) is 5.56 Å². The van der Waals surface area contributed by atoms with Gasteiger partial charge in [-0.3, -0.25) is 4.79 Å². The van der Waals surface area contributed by atoms with E-state index in [1.54, 1.807) is 7.11 Å². The van der Waals surface area contributed by atoms with Gasteiger partial charge in [-0.2, -0.15) is 0 Å². The maximum Gasteiger partial charge on any atom is 0.275 e. The zero-order valence-electron chi connectivity index (χ0n) is 13.3. The van der Waals surface area contributed by atoms with E-state index in [1.165, 1.54) is 25.9 Å². The molecule has 2 aromatic heterocycles. The lowest BCUT2D eigenvalue weighted by Gasteiger charge is -2.15. The van der Waals surface area contributed by atoms with Gasteiger partial charge < -0.3 is 18.8 Å². The van der Waals surface area contributed by atoms with E-state index in [0.29, 0.717) is 13.2 Å². The largest absolute Gasteiger partial charge is 0.383 e. The van der Waals surface area contributed by atoms with E-state index < -0.39 is 0 Å². The predicted molar refractivity (Wildman–Crippen MR) is 88.4 cm³/mol. The molecule has 0 radical (unpaired) electrons. The minimum atomic E-state index is 0.111. The number of aryl methyl sites for hydroxylation is 1. The van der Waals surface area contributed by atoms with Crippen molar-refractivity contribution in [3.63, 3.8) is 0 Å². The van der Waals surface area contributed by atoms with Gasteiger partial charge in [-0.25, -0.2) is 0 Å². The van der Waals surface area contributed by atoms with Crippen LogP contribution in [0.1, 0.15) is 19.3 Å². The molecule has 0 N–H and O–H groups in total. The summed E-state index contributed by atoms with van der Waals surface area (Å²) in [6.45, 7) is 5.65. The molecule has 0 atom stereocenters. The maximum absolute atomic E-state index is 12.7. The van der Waals surface area contributed by atoms with Gasteiger partial charge >= 0.3 is 0 Å². The third kappa shape index (κ3) is 3.25. The van der Waals surface area contributed by atoms with E-state index in [9.17, 15) is 4.79 Å². The van der Waals surface area contributed by atoms with E-state index >= 15 is 0 Å². The molecule has 0 aliphatic carbocycles. The van der Waals surface area contributed by atoms with Crippen molar-refractivity contribution >= 4 is 10.9 Å². The second-order valence-corrected chi connectivity index (χ2v) is 6.02. The highest BCUT2D eigenvalue weighted by Crippen LogP contribution is 2.12. The Morgan fingerprint density at radius 2 is 1.77 bits per heavy atom. The van der Waals surface area contributed by atoms with Crippen molar-refractivity contribution in [2.75, 3.05) is 33.4 Å². The molecule has 0 saturated carbocycles. The first-order valence-corrected chi connectivity index (χ1v) is 8.19. The first-order chi connectivity index (χ1) is 10.8. The molecule has 3 heterocycles. The van der Waals surface area contributed by atoms with Crippen LogP contribution in [0, 0.1) is 0 Å². The maximum atomic E-state index is 12.7. The van der Waals surface area contributed by atoms with Gasteiger partial charge in [0.25, 0.3) is 5.56 Å². The van der Waals surface area contributed by atoms with Crippen molar-refractivity contribution in [2.24, 2.45) is 0 Å². The van der Waals surface area contributed by atoms with Crippen LogP contribution in [-0.4, -0.2) is 47.4 Å². The number of methoxy groups -OCH3 is 1. The molecule has 22 heavy (non-hydrogen) atoms. The Morgan fingerprint density at radius 3 is 2.50 bits per heavy atom. The fourth-order valence-electron chi connectivity index (χ4n) is 3.27. The van der Waals surface area contributed by atoms with E-state index in [1.807, 2.05) is 33.7 Å². The van der Waals surface area contributed by atoms with Gasteiger partial charge in [0.2, 0.25) is 0 Å². The van der Waals surface area contributed by atoms with Crippen LogP contribution in [0.3, 0.4) is 0 Å². The summed E-state index contributed by atoms with van der Waals surface area (Å²) in [5.41, 5.74) is 0.903. The molecule has 1 saturated heterocycles. The van der Waals surface area contributed by atoms with Gasteiger partial charge in [-0.1, -0.05) is 0 Å². The number of nitrogens with zero attached hydrogens (tertiary/aromatic N) is 3. The van der Waals surface area contributed by atoms with Crippen molar-refractivity contribution in [1.29, 1.82) is 0 Å². The van der Waals surface area contributed by atoms with Crippen molar-refractivity contribution in [1.82, 2.24) is 14.0 Å². The summed E-state index contributed by atoms with van der Waals surface area (Å²) >= 11 is 0. The Morgan fingerprint density at radius 1 is 1.05 bits per heavy atom. The zero-order chi connectivity index (χ0) is 15.4. The smallest absolute Gasteiger partial charge is 0.275 e. The molecule has 0 aromatic carbocycles. The topological polar surface area (TPSA) is 39.4 Å². The molecular formula is C17H25N3O2. The molecule has 0 unspecified atom stereocenters. The SMILES string of the molecule is COCCn1ccc2ccn(CCCN3CCCC3)c(=O)c21. The lowest BCUT2D eigenvalue weighted by atomic mass is 10.3. The second kappa shape index (κ2) is 7.11. The third-order valence-electron chi connectivity index (χ3n) is 4.50. The third-order valence-corrected chi connectivity index (χ3v) is 4.50. The molecule has 120 valence electrons. The van der Waals surface area contributed by atoms with Gasteiger partial charge in [-0.15, -0.1) is 0 Å². The molecule has 3 rings (SSSR count). The molecule has 0 bridgehead atoms. The highest BCUT2D eigenvalue weighted by Gasteiger charge is 2.11. The Labute approximate surface area is 131 Å². The predicted octanol–water partition coefficient (Wildman–Crippen LogP) is 1.94. The number of rotatable bonds is 7. The van der Waals surface area contributed by atoms with Crippen LogP contribution >= 0.6 is 0 Å². The summed E-state index contributed by atoms with van der Waals surface area (Å²) in [5, 5.41) is 1.01. The van der Waals surface area contributed by atoms with Crippen LogP contribution < -0.4 is 5.56 Å². The quantitative estimate of drug-likeness (QED) is 0.785. The second-order valence-electron chi connectivity index (χ2n) is 6.02. The van der Waals surface area contributed by atoms with E-state index in [2.05, 4.69) is 4.90 Å². The Hall–Kier alpha value is -1.59. The fourth-order valence-corrected chi connectivity index (χ4v) is 3.27. The van der Waals surface area contributed by atoms with E-state index in [4.69, 9.17) is 4.74 Å². The number of aromatic nitrogens is 2. The van der Waals surface area contributed by atoms with Crippen molar-refractivity contribution in [3.05, 3.63) is 34.9 Å². The Bertz CT molecular complexity index is 668. The molecule has 5 nitrogen and oxygen atoms in total. The highest BCUT2D eigenvalue weighted by molar-refractivity contribution is 5.78. The molecule has 1 aliphatic rings. The lowest BCUT2D eigenvalue weighted by Crippen LogP contribution is -2.25. The summed E-state index contributed by atoms with van der Waals surface area (Å²) in [4.78, 5) is 15.2. The first-order valence-electron chi connectivity index (χ1n) is 8.19. The van der Waals surface area contributed by atoms with Crippen LogP contribution in [0.25, 0.3) is 10.9 Å². The number of likely N-dealkylation sites (tertiary alicyclic amines) is 1. The minimum absolute atomic E-state index is 0.111. The van der Waals surface area contributed by atoms with Gasteiger partial charge in [0.15, 0.2) is 0 Å². The fraction of sp³-hybridized carbons (Fsp3) is 0.588. The van der Waals surface area contributed by atoms with Crippen LogP contribution in [0.5, 0.6) is 0 Å². The van der Waals surface area contributed by atoms with Gasteiger partial charge in [0.1, 0.15) is 5.52 Å². The molecule has 5 heteroatoms. The van der Waals surface area contributed by atoms with Crippen LogP contribution in [0.4, 0.5) is 0 Å². The standard InChI is InChI=1S/C17H25N3O2/c1-22-14-13-19-11-5-15-6-12-20(17(21)16(15)19)10-4-9-18-7-2-3-8-18/h5-6,11-12H,2-4,7-10,13-14H2,1H3. The van der Waals surface area contributed by atoms with Gasteiger partial charge in [0.05, 0.1) is 6.61 Å².